The third-order valence-electron chi connectivity index (χ3n) is 5.80. The number of benzene rings is 1. The van der Waals surface area contributed by atoms with Crippen LogP contribution in [0.1, 0.15) is 30.0 Å². The van der Waals surface area contributed by atoms with E-state index in [4.69, 9.17) is 14.0 Å². The molecule has 2 aliphatic carbocycles. The number of hydrogen-bond donors (Lipinski definition) is 4. The molecule has 0 radical (unpaired) electrons. The molecule has 1 heterocycles. The van der Waals surface area contributed by atoms with Crippen molar-refractivity contribution in [3.63, 3.8) is 0 Å². The lowest BCUT2D eigenvalue weighted by Gasteiger charge is -2.21. The fourth-order valence-electron chi connectivity index (χ4n) is 4.31. The Kier molecular flexibility index (Phi) is 6.59. The third-order valence-corrected chi connectivity index (χ3v) is 6.22. The minimum atomic E-state index is -2.09. The van der Waals surface area contributed by atoms with E-state index in [0.717, 1.165) is 6.42 Å². The van der Waals surface area contributed by atoms with Crippen molar-refractivity contribution in [1.82, 2.24) is 14.7 Å². The summed E-state index contributed by atoms with van der Waals surface area (Å²) in [5, 5.41) is 13.6. The van der Waals surface area contributed by atoms with Crippen LogP contribution in [-0.2, 0) is 22.4 Å². The summed E-state index contributed by atoms with van der Waals surface area (Å²) in [6, 6.07) is 9.98. The molecule has 0 aliphatic heterocycles. The van der Waals surface area contributed by atoms with E-state index in [1.54, 1.807) is 13.2 Å². The molecule has 30 heavy (non-hydrogen) atoms. The Hall–Kier alpha value is -2.11. The third kappa shape index (κ3) is 4.79. The Morgan fingerprint density at radius 2 is 2.10 bits per heavy atom. The monoisotopic (exact) mass is 434 g/mol. The number of methoxy groups -OCH3 is 1. The zero-order chi connectivity index (χ0) is 21.1. The molecule has 2 aromatic rings. The molecule has 10 heteroatoms. The van der Waals surface area contributed by atoms with Gasteiger partial charge in [-0.15, -0.1) is 0 Å². The number of ether oxygens (including phenoxy) is 2. The van der Waals surface area contributed by atoms with Gasteiger partial charge < -0.3 is 19.9 Å². The Morgan fingerprint density at radius 1 is 1.27 bits per heavy atom. The molecule has 0 spiro atoms. The number of fused-ring (bicyclic) bond motifs is 1. The SMILES string of the molecule is CO[C@H]1Cc2ccccc2[C@H]1Nc1cc(O[C@@H]2C[C@@H](CNS(=O)O)[C@@H](O)C2)ncn1. The largest absolute Gasteiger partial charge is 0.474 e. The molecule has 1 saturated carbocycles. The number of hydrogen-bond acceptors (Lipinski definition) is 7. The molecule has 162 valence electrons. The second-order valence-corrected chi connectivity index (χ2v) is 8.46. The Morgan fingerprint density at radius 3 is 2.90 bits per heavy atom. The van der Waals surface area contributed by atoms with Gasteiger partial charge in [0.1, 0.15) is 18.2 Å². The second kappa shape index (κ2) is 9.36. The highest BCUT2D eigenvalue weighted by atomic mass is 32.2. The maximum atomic E-state index is 10.8. The van der Waals surface area contributed by atoms with Gasteiger partial charge in [-0.05, 0) is 17.5 Å². The second-order valence-electron chi connectivity index (χ2n) is 7.68. The van der Waals surface area contributed by atoms with Gasteiger partial charge in [0, 0.05) is 38.5 Å². The molecule has 4 N–H and O–H groups in total. The first-order chi connectivity index (χ1) is 14.5. The Bertz CT molecular complexity index is 901. The minimum absolute atomic E-state index is 0.0112. The van der Waals surface area contributed by atoms with Gasteiger partial charge in [0.2, 0.25) is 17.1 Å². The summed E-state index contributed by atoms with van der Waals surface area (Å²) in [4.78, 5) is 8.51. The van der Waals surface area contributed by atoms with Crippen molar-refractivity contribution < 1.29 is 23.3 Å². The molecule has 9 nitrogen and oxygen atoms in total. The van der Waals surface area contributed by atoms with E-state index < -0.39 is 17.4 Å². The summed E-state index contributed by atoms with van der Waals surface area (Å²) in [6.07, 6.45) is 2.49. The van der Waals surface area contributed by atoms with Crippen LogP contribution in [0.15, 0.2) is 36.7 Å². The van der Waals surface area contributed by atoms with Gasteiger partial charge in [-0.3, -0.25) is 4.55 Å². The van der Waals surface area contributed by atoms with Crippen LogP contribution < -0.4 is 14.8 Å². The number of rotatable bonds is 8. The maximum absolute atomic E-state index is 10.8. The summed E-state index contributed by atoms with van der Waals surface area (Å²) < 4.78 is 33.7. The number of anilines is 1. The molecule has 1 unspecified atom stereocenters. The number of aliphatic hydroxyl groups excluding tert-OH is 1. The smallest absolute Gasteiger partial charge is 0.231 e. The van der Waals surface area contributed by atoms with E-state index in [1.807, 2.05) is 12.1 Å². The van der Waals surface area contributed by atoms with Crippen LogP contribution in [0.25, 0.3) is 0 Å². The molecule has 4 rings (SSSR count). The molecule has 1 aromatic carbocycles. The molecular weight excluding hydrogens is 408 g/mol. The van der Waals surface area contributed by atoms with E-state index in [0.29, 0.717) is 24.5 Å². The van der Waals surface area contributed by atoms with Crippen LogP contribution in [-0.4, -0.2) is 55.8 Å². The molecule has 6 atom stereocenters. The topological polar surface area (TPSA) is 126 Å². The zero-order valence-corrected chi connectivity index (χ0v) is 17.4. The van der Waals surface area contributed by atoms with Gasteiger partial charge in [-0.2, -0.15) is 0 Å². The van der Waals surface area contributed by atoms with E-state index >= 15 is 0 Å². The van der Waals surface area contributed by atoms with E-state index in [1.165, 1.54) is 17.5 Å². The lowest BCUT2D eigenvalue weighted by molar-refractivity contribution is 0.0959. The fourth-order valence-corrected chi connectivity index (χ4v) is 4.66. The summed E-state index contributed by atoms with van der Waals surface area (Å²) in [5.41, 5.74) is 2.46. The fraction of sp³-hybridized carbons (Fsp3) is 0.500. The lowest BCUT2D eigenvalue weighted by atomic mass is 10.1. The van der Waals surface area contributed by atoms with Crippen molar-refractivity contribution in [2.24, 2.45) is 5.92 Å². The Labute approximate surface area is 177 Å². The number of aliphatic hydroxyl groups is 1. The Balaban J connectivity index is 1.41. The van der Waals surface area contributed by atoms with Crippen molar-refractivity contribution in [2.45, 2.75) is 43.6 Å². The van der Waals surface area contributed by atoms with Gasteiger partial charge in [0.15, 0.2) is 0 Å². The van der Waals surface area contributed by atoms with Crippen molar-refractivity contribution in [2.75, 3.05) is 19.0 Å². The highest BCUT2D eigenvalue weighted by Crippen LogP contribution is 2.36. The summed E-state index contributed by atoms with van der Waals surface area (Å²) in [5.74, 6) is 0.906. The first-order valence-corrected chi connectivity index (χ1v) is 11.0. The van der Waals surface area contributed by atoms with Gasteiger partial charge in [-0.25, -0.2) is 18.9 Å². The van der Waals surface area contributed by atoms with Crippen molar-refractivity contribution in [3.8, 4) is 5.88 Å². The average Bonchev–Trinajstić information content (AvgIpc) is 3.26. The zero-order valence-electron chi connectivity index (χ0n) is 16.6. The van der Waals surface area contributed by atoms with Gasteiger partial charge >= 0.3 is 0 Å². The first kappa shape index (κ1) is 21.1. The molecule has 2 aliphatic rings. The number of aromatic nitrogens is 2. The lowest BCUT2D eigenvalue weighted by Crippen LogP contribution is -2.28. The van der Waals surface area contributed by atoms with Crippen molar-refractivity contribution in [1.29, 1.82) is 0 Å². The van der Waals surface area contributed by atoms with E-state index in [-0.39, 0.29) is 30.7 Å². The standard InChI is InChI=1S/C20H26N4O5S/c1-28-17-7-12-4-2-3-5-15(12)20(17)24-18-9-19(22-11-21-18)29-14-6-13(16(25)8-14)10-23-30(26)27/h2-5,9,11,13-14,16-17,20,23,25H,6-8,10H2,1H3,(H,26,27)(H,21,22,24)/t13-,14+,16-,17-,20+/m0/s1. The predicted molar refractivity (Wildman–Crippen MR) is 111 cm³/mol. The van der Waals surface area contributed by atoms with Crippen LogP contribution in [0, 0.1) is 5.92 Å². The summed E-state index contributed by atoms with van der Waals surface area (Å²) in [6.45, 7) is 0.250. The van der Waals surface area contributed by atoms with Crippen molar-refractivity contribution in [3.05, 3.63) is 47.8 Å². The maximum Gasteiger partial charge on any atom is 0.231 e. The van der Waals surface area contributed by atoms with Gasteiger partial charge in [0.25, 0.3) is 0 Å². The van der Waals surface area contributed by atoms with E-state index in [2.05, 4.69) is 32.1 Å². The summed E-state index contributed by atoms with van der Waals surface area (Å²) in [7, 11) is 1.71. The number of nitrogens with zero attached hydrogens (tertiary/aromatic N) is 2. The molecule has 1 aromatic heterocycles. The summed E-state index contributed by atoms with van der Waals surface area (Å²) >= 11 is -2.09. The normalized spacial score (nSPS) is 28.8. The van der Waals surface area contributed by atoms with Crippen LogP contribution in [0.3, 0.4) is 0 Å². The predicted octanol–water partition coefficient (Wildman–Crippen LogP) is 1.45. The van der Waals surface area contributed by atoms with Gasteiger partial charge in [-0.1, -0.05) is 24.3 Å². The van der Waals surface area contributed by atoms with Crippen LogP contribution in [0.2, 0.25) is 0 Å². The molecule has 0 amide bonds. The molecule has 0 bridgehead atoms. The van der Waals surface area contributed by atoms with E-state index in [9.17, 15) is 9.32 Å². The van der Waals surface area contributed by atoms with Crippen LogP contribution >= 0.6 is 0 Å². The van der Waals surface area contributed by atoms with Gasteiger partial charge in [0.05, 0.1) is 18.2 Å². The highest BCUT2D eigenvalue weighted by molar-refractivity contribution is 7.77. The average molecular weight is 435 g/mol. The molecule has 0 saturated heterocycles. The minimum Gasteiger partial charge on any atom is -0.474 e. The van der Waals surface area contributed by atoms with Crippen molar-refractivity contribution >= 4 is 17.1 Å². The van der Waals surface area contributed by atoms with Crippen LogP contribution in [0.4, 0.5) is 5.82 Å². The molecular formula is C20H26N4O5S. The quantitative estimate of drug-likeness (QED) is 0.460. The molecule has 1 fully saturated rings. The first-order valence-electron chi connectivity index (χ1n) is 9.91. The highest BCUT2D eigenvalue weighted by Gasteiger charge is 2.35. The van der Waals surface area contributed by atoms with Crippen LogP contribution in [0.5, 0.6) is 5.88 Å². The number of nitrogens with one attached hydrogen (secondary N) is 2.